The minimum Gasteiger partial charge on any atom is -0.496 e. The molecule has 1 amide bonds. The summed E-state index contributed by atoms with van der Waals surface area (Å²) < 4.78 is 49.4. The average Bonchev–Trinajstić information content (AvgIpc) is 2.67. The van der Waals surface area contributed by atoms with E-state index in [-0.39, 0.29) is 32.5 Å². The molecular formula is C19H15Cl2FN2O5S. The van der Waals surface area contributed by atoms with Gasteiger partial charge in [0.2, 0.25) is 5.91 Å². The lowest BCUT2D eigenvalue weighted by Gasteiger charge is -2.09. The zero-order valence-corrected chi connectivity index (χ0v) is 17.7. The van der Waals surface area contributed by atoms with Gasteiger partial charge in [-0.2, -0.15) is 8.42 Å². The first-order valence-corrected chi connectivity index (χ1v) is 10.3. The highest BCUT2D eigenvalue weighted by Gasteiger charge is 2.15. The van der Waals surface area contributed by atoms with Crippen LogP contribution in [0.1, 0.15) is 10.4 Å². The summed E-state index contributed by atoms with van der Waals surface area (Å²) in [5.74, 6) is -0.801. The summed E-state index contributed by atoms with van der Waals surface area (Å²) in [5, 5.41) is 0.769. The van der Waals surface area contributed by atoms with E-state index in [1.54, 1.807) is 12.1 Å². The van der Waals surface area contributed by atoms with Gasteiger partial charge in [-0.25, -0.2) is 4.39 Å². The third-order valence-corrected chi connectivity index (χ3v) is 5.07. The van der Waals surface area contributed by atoms with Crippen molar-refractivity contribution in [3.8, 4) is 17.0 Å². The van der Waals surface area contributed by atoms with E-state index in [1.807, 2.05) is 0 Å². The fraction of sp³-hybridized carbons (Fsp3) is 0.0526. The maximum Gasteiger partial charge on any atom is 0.296 e. The van der Waals surface area contributed by atoms with Crippen molar-refractivity contribution in [2.24, 2.45) is 5.73 Å². The molecule has 0 aliphatic heterocycles. The molecule has 11 heteroatoms. The Balaban J connectivity index is 0.000000248. The quantitative estimate of drug-likeness (QED) is 0.548. The molecule has 30 heavy (non-hydrogen) atoms. The number of aromatic nitrogens is 1. The smallest absolute Gasteiger partial charge is 0.296 e. The highest BCUT2D eigenvalue weighted by atomic mass is 35.5. The maximum absolute atomic E-state index is 13.8. The second-order valence-electron chi connectivity index (χ2n) is 5.66. The fourth-order valence-electron chi connectivity index (χ4n) is 2.29. The topological polar surface area (TPSA) is 120 Å². The van der Waals surface area contributed by atoms with E-state index in [1.165, 1.54) is 37.4 Å². The van der Waals surface area contributed by atoms with Crippen LogP contribution in [-0.4, -0.2) is 31.0 Å². The average molecular weight is 473 g/mol. The zero-order valence-electron chi connectivity index (χ0n) is 15.3. The molecule has 0 saturated carbocycles. The van der Waals surface area contributed by atoms with Crippen molar-refractivity contribution < 1.29 is 26.9 Å². The number of halogens is 3. The molecule has 1 heterocycles. The summed E-state index contributed by atoms with van der Waals surface area (Å²) in [5.41, 5.74) is 5.63. The maximum atomic E-state index is 13.8. The van der Waals surface area contributed by atoms with E-state index in [0.29, 0.717) is 5.02 Å². The van der Waals surface area contributed by atoms with Gasteiger partial charge in [0.1, 0.15) is 16.5 Å². The van der Waals surface area contributed by atoms with E-state index >= 15 is 0 Å². The Labute approximate surface area is 182 Å². The number of nitrogens with two attached hydrogens (primary N) is 1. The molecule has 7 nitrogen and oxygen atoms in total. The molecule has 0 aliphatic rings. The first kappa shape index (κ1) is 23.6. The van der Waals surface area contributed by atoms with E-state index in [0.717, 1.165) is 12.3 Å². The Morgan fingerprint density at radius 1 is 1.17 bits per heavy atom. The highest BCUT2D eigenvalue weighted by Crippen LogP contribution is 2.31. The summed E-state index contributed by atoms with van der Waals surface area (Å²) in [4.78, 5) is 14.1. The molecule has 158 valence electrons. The van der Waals surface area contributed by atoms with Crippen molar-refractivity contribution in [1.82, 2.24) is 4.98 Å². The molecule has 3 aromatic rings. The number of rotatable bonds is 4. The van der Waals surface area contributed by atoms with E-state index in [4.69, 9.17) is 38.2 Å². The second kappa shape index (κ2) is 9.86. The molecule has 0 radical (unpaired) electrons. The molecule has 1 aromatic heterocycles. The number of methoxy groups -OCH3 is 1. The SMILES string of the molecule is COc1cccc(F)c1-c1ccc(S(=O)(=O)O)cn1.NC(=O)c1ccc(Cl)cc1Cl. The number of ether oxygens (including phenoxy) is 1. The van der Waals surface area contributed by atoms with Gasteiger partial charge >= 0.3 is 0 Å². The van der Waals surface area contributed by atoms with Crippen LogP contribution in [-0.2, 0) is 10.1 Å². The van der Waals surface area contributed by atoms with E-state index in [9.17, 15) is 17.6 Å². The minimum atomic E-state index is -4.32. The largest absolute Gasteiger partial charge is 0.496 e. The molecule has 0 fully saturated rings. The van der Waals surface area contributed by atoms with E-state index in [2.05, 4.69) is 4.98 Å². The molecule has 0 bridgehead atoms. The molecule has 0 aliphatic carbocycles. The molecule has 0 unspecified atom stereocenters. The third-order valence-electron chi connectivity index (χ3n) is 3.68. The lowest BCUT2D eigenvalue weighted by atomic mass is 10.1. The van der Waals surface area contributed by atoms with Crippen LogP contribution in [0.25, 0.3) is 11.3 Å². The molecule has 2 aromatic carbocycles. The van der Waals surface area contributed by atoms with Gasteiger partial charge in [0.25, 0.3) is 10.1 Å². The Kier molecular flexibility index (Phi) is 7.74. The molecular weight excluding hydrogens is 458 g/mol. The molecule has 0 spiro atoms. The number of primary amides is 1. The zero-order chi connectivity index (χ0) is 22.5. The third kappa shape index (κ3) is 5.90. The van der Waals surface area contributed by atoms with Crippen LogP contribution < -0.4 is 10.5 Å². The van der Waals surface area contributed by atoms with Crippen molar-refractivity contribution in [2.45, 2.75) is 4.90 Å². The minimum absolute atomic E-state index is 0.131. The highest BCUT2D eigenvalue weighted by molar-refractivity contribution is 7.85. The number of amides is 1. The van der Waals surface area contributed by atoms with Crippen LogP contribution in [0.5, 0.6) is 5.75 Å². The predicted molar refractivity (Wildman–Crippen MR) is 111 cm³/mol. The molecule has 3 rings (SSSR count). The van der Waals surface area contributed by atoms with E-state index < -0.39 is 21.8 Å². The summed E-state index contributed by atoms with van der Waals surface area (Å²) >= 11 is 11.2. The number of nitrogens with zero attached hydrogens (tertiary/aromatic N) is 1. The predicted octanol–water partition coefficient (Wildman–Crippen LogP) is 4.24. The van der Waals surface area contributed by atoms with Crippen LogP contribution in [0.15, 0.2) is 59.6 Å². The first-order chi connectivity index (χ1) is 14.0. The number of hydrogen-bond donors (Lipinski definition) is 2. The normalized spacial score (nSPS) is 10.7. The van der Waals surface area contributed by atoms with Crippen molar-refractivity contribution in [1.29, 1.82) is 0 Å². The number of carbonyl (C=O) groups excluding carboxylic acids is 1. The number of benzene rings is 2. The summed E-state index contributed by atoms with van der Waals surface area (Å²) in [7, 11) is -2.92. The van der Waals surface area contributed by atoms with Gasteiger partial charge in [-0.05, 0) is 42.5 Å². The Morgan fingerprint density at radius 2 is 1.87 bits per heavy atom. The Bertz CT molecular complexity index is 1170. The van der Waals surface area contributed by atoms with Crippen LogP contribution in [0.3, 0.4) is 0 Å². The van der Waals surface area contributed by atoms with Gasteiger partial charge in [0.05, 0.1) is 29.0 Å². The summed E-state index contributed by atoms with van der Waals surface area (Å²) in [6, 6.07) is 11.3. The van der Waals surface area contributed by atoms with Crippen LogP contribution >= 0.6 is 23.2 Å². The molecule has 0 saturated heterocycles. The van der Waals surface area contributed by atoms with Crippen LogP contribution in [0.2, 0.25) is 10.0 Å². The monoisotopic (exact) mass is 472 g/mol. The van der Waals surface area contributed by atoms with Crippen molar-refractivity contribution >= 4 is 39.2 Å². The number of pyridine rings is 1. The number of carbonyl (C=O) groups is 1. The van der Waals surface area contributed by atoms with Gasteiger partial charge in [0, 0.05) is 11.2 Å². The first-order valence-electron chi connectivity index (χ1n) is 8.06. The van der Waals surface area contributed by atoms with Crippen molar-refractivity contribution in [2.75, 3.05) is 7.11 Å². The molecule has 0 atom stereocenters. The summed E-state index contributed by atoms with van der Waals surface area (Å²) in [6.07, 6.45) is 0.955. The van der Waals surface area contributed by atoms with Crippen LogP contribution in [0.4, 0.5) is 4.39 Å². The lowest BCUT2D eigenvalue weighted by Crippen LogP contribution is -2.11. The van der Waals surface area contributed by atoms with Crippen LogP contribution in [0, 0.1) is 5.82 Å². The Morgan fingerprint density at radius 3 is 2.37 bits per heavy atom. The summed E-state index contributed by atoms with van der Waals surface area (Å²) in [6.45, 7) is 0. The molecule has 3 N–H and O–H groups in total. The van der Waals surface area contributed by atoms with Gasteiger partial charge in [0.15, 0.2) is 0 Å². The van der Waals surface area contributed by atoms with Gasteiger partial charge in [-0.15, -0.1) is 0 Å². The van der Waals surface area contributed by atoms with Gasteiger partial charge in [-0.3, -0.25) is 14.3 Å². The van der Waals surface area contributed by atoms with Crippen molar-refractivity contribution in [3.63, 3.8) is 0 Å². The fourth-order valence-corrected chi connectivity index (χ4v) is 3.22. The lowest BCUT2D eigenvalue weighted by molar-refractivity contribution is 0.100. The Hall–Kier alpha value is -2.72. The standard InChI is InChI=1S/C12H10FNO4S.C7H5Cl2NO/c1-18-11-4-2-3-9(13)12(11)10-6-5-8(7-14-10)19(15,16)17;8-4-1-2-5(7(10)11)6(9)3-4/h2-7H,1H3,(H,15,16,17);1-3H,(H2,10,11). The van der Waals surface area contributed by atoms with Gasteiger partial charge in [-0.1, -0.05) is 29.3 Å². The number of hydrogen-bond acceptors (Lipinski definition) is 5. The second-order valence-corrected chi connectivity index (χ2v) is 7.92. The van der Waals surface area contributed by atoms with Crippen molar-refractivity contribution in [3.05, 3.63) is 76.2 Å². The van der Waals surface area contributed by atoms with Gasteiger partial charge < -0.3 is 10.5 Å².